The van der Waals surface area contributed by atoms with Crippen LogP contribution in [-0.4, -0.2) is 13.1 Å². The topological polar surface area (TPSA) is 26.3 Å². The van der Waals surface area contributed by atoms with Crippen LogP contribution in [-0.2, 0) is 9.53 Å². The Bertz CT molecular complexity index is 465. The van der Waals surface area contributed by atoms with Crippen molar-refractivity contribution in [3.05, 3.63) is 23.8 Å². The first-order chi connectivity index (χ1) is 9.75. The third-order valence-electron chi connectivity index (χ3n) is 4.66. The van der Waals surface area contributed by atoms with Crippen molar-refractivity contribution in [1.82, 2.24) is 0 Å². The number of carbonyl (C=O) groups excluding carboxylic acids is 1. The molecule has 2 heteroatoms. The van der Waals surface area contributed by atoms with Gasteiger partial charge in [0.25, 0.3) is 0 Å². The Morgan fingerprint density at radius 1 is 1.50 bits per heavy atom. The summed E-state index contributed by atoms with van der Waals surface area (Å²) in [5.74, 6) is 0.742. The van der Waals surface area contributed by atoms with E-state index in [-0.39, 0.29) is 17.8 Å². The van der Waals surface area contributed by atoms with Gasteiger partial charge in [-0.25, -0.2) is 4.79 Å². The van der Waals surface area contributed by atoms with Crippen molar-refractivity contribution in [2.24, 2.45) is 23.7 Å². The van der Waals surface area contributed by atoms with Crippen molar-refractivity contribution in [3.8, 4) is 0 Å². The van der Waals surface area contributed by atoms with E-state index in [0.29, 0.717) is 29.4 Å². The van der Waals surface area contributed by atoms with Crippen LogP contribution in [0.1, 0.15) is 43.6 Å². The van der Waals surface area contributed by atoms with Crippen molar-refractivity contribution in [2.75, 3.05) is 7.11 Å². The molecule has 2 aliphatic carbocycles. The monoisotopic (exact) mass is 252 g/mol. The average molecular weight is 252 g/mol. The van der Waals surface area contributed by atoms with Gasteiger partial charge in [0.2, 0.25) is 0 Å². The van der Waals surface area contributed by atoms with E-state index >= 15 is 0 Å². The summed E-state index contributed by atoms with van der Waals surface area (Å²) in [6.07, 6.45) is 5.37. The molecule has 0 amide bonds. The number of hydrogen-bond donors (Lipinski definition) is 0. The van der Waals surface area contributed by atoms with Gasteiger partial charge in [0.15, 0.2) is 0 Å². The number of hydrogen-bond acceptors (Lipinski definition) is 2. The zero-order valence-electron chi connectivity index (χ0n) is 14.2. The Kier molecular flexibility index (Phi) is 2.89. The molecule has 18 heavy (non-hydrogen) atoms. The van der Waals surface area contributed by atoms with E-state index in [4.69, 9.17) is 8.85 Å². The molecule has 0 saturated heterocycles. The molecular formula is C16H24O2. The van der Waals surface area contributed by atoms with E-state index in [1.54, 1.807) is 0 Å². The molecule has 2 rings (SSSR count). The fraction of sp³-hybridized carbons (Fsp3) is 0.688. The minimum atomic E-state index is -2.02. The molecule has 0 spiro atoms. The van der Waals surface area contributed by atoms with Gasteiger partial charge in [-0.05, 0) is 56.2 Å². The molecule has 0 aliphatic heterocycles. The fourth-order valence-electron chi connectivity index (χ4n) is 3.57. The fourth-order valence-corrected chi connectivity index (χ4v) is 3.57. The molecule has 1 fully saturated rings. The molecular weight excluding hydrogens is 225 g/mol. The van der Waals surface area contributed by atoms with E-state index in [1.807, 2.05) is 6.08 Å². The van der Waals surface area contributed by atoms with Crippen molar-refractivity contribution in [1.29, 1.82) is 0 Å². The third-order valence-corrected chi connectivity index (χ3v) is 4.66. The molecule has 4 atom stereocenters. The summed E-state index contributed by atoms with van der Waals surface area (Å²) in [4.78, 5) is 11.8. The number of carbonyl (C=O) groups is 1. The number of fused-ring (bicyclic) bond motifs is 1. The van der Waals surface area contributed by atoms with E-state index in [2.05, 4.69) is 13.5 Å². The number of methoxy groups -OCH3 is 1. The lowest BCUT2D eigenvalue weighted by Gasteiger charge is -2.43. The van der Waals surface area contributed by atoms with Crippen LogP contribution >= 0.6 is 0 Å². The van der Waals surface area contributed by atoms with Gasteiger partial charge in [-0.3, -0.25) is 0 Å². The summed E-state index contributed by atoms with van der Waals surface area (Å²) in [7, 11) is 1.36. The Hall–Kier alpha value is -1.05. The summed E-state index contributed by atoms with van der Waals surface area (Å²) >= 11 is 0. The smallest absolute Gasteiger partial charge is 0.333 e. The van der Waals surface area contributed by atoms with Gasteiger partial charge in [-0.1, -0.05) is 25.2 Å². The van der Waals surface area contributed by atoms with Crippen LogP contribution in [0.2, 0.25) is 0 Å². The van der Waals surface area contributed by atoms with Crippen LogP contribution in [0.3, 0.4) is 0 Å². The van der Waals surface area contributed by atoms with Gasteiger partial charge in [-0.2, -0.15) is 0 Å². The molecule has 2 aliphatic rings. The second kappa shape index (κ2) is 5.29. The van der Waals surface area contributed by atoms with Crippen molar-refractivity contribution < 1.29 is 13.6 Å². The first-order valence-corrected chi connectivity index (χ1v) is 6.74. The normalized spacial score (nSPS) is 38.6. The zero-order valence-corrected chi connectivity index (χ0v) is 11.2. The Morgan fingerprint density at radius 3 is 2.94 bits per heavy atom. The van der Waals surface area contributed by atoms with E-state index in [0.717, 1.165) is 19.3 Å². The SMILES string of the molecule is [2H][13C]([2H])([2H])C1=C[C@H]2[C@@H](CC1)[C@H](C)CC[C@H]2C(=C)C(=O)OC. The summed E-state index contributed by atoms with van der Waals surface area (Å²) in [5.41, 5.74) is 1.03. The second-order valence-corrected chi connectivity index (χ2v) is 5.65. The number of esters is 1. The van der Waals surface area contributed by atoms with Gasteiger partial charge in [0.1, 0.15) is 0 Å². The summed E-state index contributed by atoms with van der Waals surface area (Å²) in [6, 6.07) is 0. The minimum absolute atomic E-state index is 0.0105. The number of rotatable bonds is 2. The van der Waals surface area contributed by atoms with E-state index < -0.39 is 6.85 Å². The lowest BCUT2D eigenvalue weighted by Crippen LogP contribution is -2.36. The molecule has 0 radical (unpaired) electrons. The molecule has 0 bridgehead atoms. The highest BCUT2D eigenvalue weighted by molar-refractivity contribution is 5.88. The summed E-state index contributed by atoms with van der Waals surface area (Å²) in [6.45, 7) is 4.11. The first-order valence-electron chi connectivity index (χ1n) is 8.24. The van der Waals surface area contributed by atoms with Gasteiger partial charge >= 0.3 is 5.97 Å². The van der Waals surface area contributed by atoms with Crippen LogP contribution < -0.4 is 0 Å². The molecule has 0 N–H and O–H groups in total. The van der Waals surface area contributed by atoms with Crippen molar-refractivity contribution in [2.45, 2.75) is 39.5 Å². The minimum Gasteiger partial charge on any atom is -0.466 e. The quantitative estimate of drug-likeness (QED) is 0.324. The highest BCUT2D eigenvalue weighted by Crippen LogP contribution is 2.47. The maximum absolute atomic E-state index is 11.8. The Balaban J connectivity index is 2.31. The van der Waals surface area contributed by atoms with E-state index in [1.165, 1.54) is 7.11 Å². The van der Waals surface area contributed by atoms with Crippen molar-refractivity contribution >= 4 is 5.97 Å². The molecule has 1 saturated carbocycles. The maximum atomic E-state index is 11.8. The molecule has 0 unspecified atom stereocenters. The van der Waals surface area contributed by atoms with Gasteiger partial charge in [0, 0.05) is 9.69 Å². The van der Waals surface area contributed by atoms with Gasteiger partial charge in [-0.15, -0.1) is 0 Å². The highest BCUT2D eigenvalue weighted by Gasteiger charge is 2.40. The predicted octanol–water partition coefficient (Wildman–Crippen LogP) is 3.73. The predicted molar refractivity (Wildman–Crippen MR) is 73.0 cm³/mol. The van der Waals surface area contributed by atoms with Crippen LogP contribution in [0.25, 0.3) is 0 Å². The second-order valence-electron chi connectivity index (χ2n) is 5.65. The molecule has 0 aromatic carbocycles. The first kappa shape index (κ1) is 9.82. The van der Waals surface area contributed by atoms with Crippen LogP contribution in [0.4, 0.5) is 0 Å². The largest absolute Gasteiger partial charge is 0.466 e. The molecule has 0 aromatic rings. The zero-order chi connectivity index (χ0) is 15.8. The number of allylic oxidation sites excluding steroid dienone is 2. The Morgan fingerprint density at radius 2 is 2.28 bits per heavy atom. The average Bonchev–Trinajstić information content (AvgIpc) is 2.45. The maximum Gasteiger partial charge on any atom is 0.333 e. The standard InChI is InChI=1S/C16H24O2/c1-10-5-7-13-11(2)6-8-14(15(13)9-10)12(3)16(17)18-4/h9,11,13-15H,3,5-8H2,1-2,4H3/t11-,13+,14+,15+/m1/s1/i1+1D3. The van der Waals surface area contributed by atoms with Crippen LogP contribution in [0, 0.1) is 23.7 Å². The molecule has 100 valence electrons. The molecule has 0 aromatic heterocycles. The van der Waals surface area contributed by atoms with Crippen LogP contribution in [0.15, 0.2) is 23.8 Å². The molecule has 0 heterocycles. The molecule has 2 nitrogen and oxygen atoms in total. The Labute approximate surface area is 114 Å². The lowest BCUT2D eigenvalue weighted by molar-refractivity contribution is -0.137. The van der Waals surface area contributed by atoms with Gasteiger partial charge in [0.05, 0.1) is 7.11 Å². The van der Waals surface area contributed by atoms with Crippen molar-refractivity contribution in [3.63, 3.8) is 0 Å². The number of ether oxygens (including phenoxy) is 1. The summed E-state index contributed by atoms with van der Waals surface area (Å²) in [5, 5.41) is 0. The highest BCUT2D eigenvalue weighted by atomic mass is 16.5. The van der Waals surface area contributed by atoms with Gasteiger partial charge < -0.3 is 4.74 Å². The third kappa shape index (κ3) is 2.38. The lowest BCUT2D eigenvalue weighted by atomic mass is 9.61. The summed E-state index contributed by atoms with van der Waals surface area (Å²) < 4.78 is 27.7. The van der Waals surface area contributed by atoms with Crippen LogP contribution in [0.5, 0.6) is 0 Å². The van der Waals surface area contributed by atoms with E-state index in [9.17, 15) is 4.79 Å².